The number of sulfone groups is 1. The van der Waals surface area contributed by atoms with Gasteiger partial charge in [0.25, 0.3) is 0 Å². The highest BCUT2D eigenvalue weighted by Gasteiger charge is 2.28. The molecule has 0 bridgehead atoms. The van der Waals surface area contributed by atoms with Crippen LogP contribution in [0.25, 0.3) is 0 Å². The van der Waals surface area contributed by atoms with Crippen molar-refractivity contribution >= 4 is 9.84 Å². The van der Waals surface area contributed by atoms with Crippen LogP contribution in [-0.4, -0.2) is 45.2 Å². The molecule has 17 heavy (non-hydrogen) atoms. The summed E-state index contributed by atoms with van der Waals surface area (Å²) in [5, 5.41) is 3.22. The number of rotatable bonds is 5. The van der Waals surface area contributed by atoms with Gasteiger partial charge in [0.15, 0.2) is 9.84 Å². The molecular formula is C12H25NO3S. The van der Waals surface area contributed by atoms with Crippen molar-refractivity contribution in [3.63, 3.8) is 0 Å². The summed E-state index contributed by atoms with van der Waals surface area (Å²) < 4.78 is 28.4. The molecule has 0 saturated carbocycles. The third-order valence-corrected chi connectivity index (χ3v) is 5.78. The summed E-state index contributed by atoms with van der Waals surface area (Å²) in [5.41, 5.74) is 0. The first-order valence-corrected chi connectivity index (χ1v) is 7.99. The molecule has 0 radical (unpaired) electrons. The second-order valence-corrected chi connectivity index (χ2v) is 8.58. The van der Waals surface area contributed by atoms with Gasteiger partial charge in [0.05, 0.1) is 17.1 Å². The smallest absolute Gasteiger partial charge is 0.156 e. The number of hydrogen-bond acceptors (Lipinski definition) is 4. The second-order valence-electron chi connectivity index (χ2n) is 5.72. The first-order valence-electron chi connectivity index (χ1n) is 6.34. The molecule has 1 saturated heterocycles. The first kappa shape index (κ1) is 14.9. The van der Waals surface area contributed by atoms with Crippen LogP contribution < -0.4 is 5.32 Å². The zero-order valence-corrected chi connectivity index (χ0v) is 12.0. The third-order valence-electron chi connectivity index (χ3n) is 3.17. The van der Waals surface area contributed by atoms with Crippen molar-refractivity contribution in [3.05, 3.63) is 0 Å². The van der Waals surface area contributed by atoms with Gasteiger partial charge in [0.2, 0.25) is 0 Å². The average Bonchev–Trinajstić information content (AvgIpc) is 2.24. The Bertz CT molecular complexity index is 313. The van der Waals surface area contributed by atoms with Gasteiger partial charge in [0.1, 0.15) is 0 Å². The molecule has 0 spiro atoms. The van der Waals surface area contributed by atoms with Gasteiger partial charge in [-0.1, -0.05) is 0 Å². The topological polar surface area (TPSA) is 55.4 Å². The molecular weight excluding hydrogens is 238 g/mol. The largest absolute Gasteiger partial charge is 0.381 e. The van der Waals surface area contributed by atoms with E-state index < -0.39 is 14.6 Å². The Morgan fingerprint density at radius 3 is 2.59 bits per heavy atom. The standard InChI is InChI=1S/C12H25NO3S/c1-12(2,3)17(14,15)8-6-13-9-11-5-4-7-16-10-11/h11,13H,4-10H2,1-3H3. The Kier molecular flexibility index (Phi) is 5.41. The molecule has 1 unspecified atom stereocenters. The van der Waals surface area contributed by atoms with Gasteiger partial charge in [-0.3, -0.25) is 0 Å². The molecule has 102 valence electrons. The second kappa shape index (κ2) is 6.16. The molecule has 1 atom stereocenters. The third kappa shape index (κ3) is 4.94. The van der Waals surface area contributed by atoms with Crippen LogP contribution in [0, 0.1) is 5.92 Å². The fourth-order valence-corrected chi connectivity index (χ4v) is 2.81. The fraction of sp³-hybridized carbons (Fsp3) is 1.00. The van der Waals surface area contributed by atoms with E-state index in [-0.39, 0.29) is 5.75 Å². The first-order chi connectivity index (χ1) is 7.83. The Hall–Kier alpha value is -0.130. The number of nitrogens with one attached hydrogen (secondary N) is 1. The van der Waals surface area contributed by atoms with Gasteiger partial charge in [-0.15, -0.1) is 0 Å². The van der Waals surface area contributed by atoms with Gasteiger partial charge < -0.3 is 10.1 Å². The van der Waals surface area contributed by atoms with Crippen LogP contribution in [0.3, 0.4) is 0 Å². The molecule has 5 heteroatoms. The molecule has 0 aromatic heterocycles. The molecule has 1 heterocycles. The Morgan fingerprint density at radius 2 is 2.06 bits per heavy atom. The van der Waals surface area contributed by atoms with Crippen LogP contribution >= 0.6 is 0 Å². The fourth-order valence-electron chi connectivity index (χ4n) is 1.79. The average molecular weight is 263 g/mol. The van der Waals surface area contributed by atoms with Crippen molar-refractivity contribution in [3.8, 4) is 0 Å². The molecule has 0 amide bonds. The molecule has 0 aliphatic carbocycles. The van der Waals surface area contributed by atoms with Gasteiger partial charge in [0, 0.05) is 19.7 Å². The summed E-state index contributed by atoms with van der Waals surface area (Å²) in [4.78, 5) is 0. The highest BCUT2D eigenvalue weighted by molar-refractivity contribution is 7.92. The van der Waals surface area contributed by atoms with Crippen LogP contribution in [0.2, 0.25) is 0 Å². The summed E-state index contributed by atoms with van der Waals surface area (Å²) >= 11 is 0. The Labute approximate surface area is 105 Å². The Balaban J connectivity index is 2.19. The minimum atomic E-state index is -2.99. The summed E-state index contributed by atoms with van der Waals surface area (Å²) in [6.07, 6.45) is 2.30. The number of ether oxygens (including phenoxy) is 1. The maximum absolute atomic E-state index is 11.8. The molecule has 0 aromatic carbocycles. The van der Waals surface area contributed by atoms with Crippen LogP contribution in [0.15, 0.2) is 0 Å². The van der Waals surface area contributed by atoms with Crippen molar-refractivity contribution in [2.24, 2.45) is 5.92 Å². The normalized spacial score (nSPS) is 22.6. The molecule has 0 aromatic rings. The van der Waals surface area contributed by atoms with E-state index in [9.17, 15) is 8.42 Å². The van der Waals surface area contributed by atoms with Crippen molar-refractivity contribution in [2.45, 2.75) is 38.4 Å². The molecule has 1 fully saturated rings. The minimum Gasteiger partial charge on any atom is -0.381 e. The monoisotopic (exact) mass is 263 g/mol. The molecule has 1 aliphatic heterocycles. The van der Waals surface area contributed by atoms with Gasteiger partial charge in [-0.25, -0.2) is 8.42 Å². The number of hydrogen-bond donors (Lipinski definition) is 1. The van der Waals surface area contributed by atoms with E-state index in [1.807, 2.05) is 0 Å². The van der Waals surface area contributed by atoms with Gasteiger partial charge >= 0.3 is 0 Å². The zero-order valence-electron chi connectivity index (χ0n) is 11.2. The van der Waals surface area contributed by atoms with E-state index >= 15 is 0 Å². The maximum Gasteiger partial charge on any atom is 0.156 e. The Morgan fingerprint density at radius 1 is 1.35 bits per heavy atom. The van der Waals surface area contributed by atoms with E-state index in [2.05, 4.69) is 5.32 Å². The summed E-state index contributed by atoms with van der Waals surface area (Å²) in [6.45, 7) is 8.32. The van der Waals surface area contributed by atoms with Gasteiger partial charge in [-0.05, 0) is 39.5 Å². The van der Waals surface area contributed by atoms with Crippen LogP contribution in [0.1, 0.15) is 33.6 Å². The van der Waals surface area contributed by atoms with Crippen LogP contribution in [0.4, 0.5) is 0 Å². The lowest BCUT2D eigenvalue weighted by molar-refractivity contribution is 0.0551. The van der Waals surface area contributed by atoms with Crippen molar-refractivity contribution < 1.29 is 13.2 Å². The summed E-state index contributed by atoms with van der Waals surface area (Å²) in [5.74, 6) is 0.755. The summed E-state index contributed by atoms with van der Waals surface area (Å²) in [6, 6.07) is 0. The highest BCUT2D eigenvalue weighted by Crippen LogP contribution is 2.15. The predicted octanol–water partition coefficient (Wildman–Crippen LogP) is 1.22. The lowest BCUT2D eigenvalue weighted by Crippen LogP contribution is -2.37. The molecule has 1 N–H and O–H groups in total. The molecule has 1 aliphatic rings. The van der Waals surface area contributed by atoms with E-state index in [1.165, 1.54) is 6.42 Å². The quantitative estimate of drug-likeness (QED) is 0.758. The van der Waals surface area contributed by atoms with Gasteiger partial charge in [-0.2, -0.15) is 0 Å². The van der Waals surface area contributed by atoms with Crippen molar-refractivity contribution in [1.82, 2.24) is 5.32 Å². The highest BCUT2D eigenvalue weighted by atomic mass is 32.2. The van der Waals surface area contributed by atoms with Crippen LogP contribution in [0.5, 0.6) is 0 Å². The van der Waals surface area contributed by atoms with E-state index in [0.29, 0.717) is 12.5 Å². The molecule has 1 rings (SSSR count). The summed E-state index contributed by atoms with van der Waals surface area (Å²) in [7, 11) is -2.99. The SMILES string of the molecule is CC(C)(C)S(=O)(=O)CCNCC1CCCOC1. The van der Waals surface area contributed by atoms with E-state index in [4.69, 9.17) is 4.74 Å². The van der Waals surface area contributed by atoms with Crippen molar-refractivity contribution in [2.75, 3.05) is 32.1 Å². The van der Waals surface area contributed by atoms with Crippen LogP contribution in [-0.2, 0) is 14.6 Å². The maximum atomic E-state index is 11.8. The lowest BCUT2D eigenvalue weighted by Gasteiger charge is -2.23. The predicted molar refractivity (Wildman–Crippen MR) is 70.0 cm³/mol. The lowest BCUT2D eigenvalue weighted by atomic mass is 10.0. The minimum absolute atomic E-state index is 0.212. The van der Waals surface area contributed by atoms with E-state index in [1.54, 1.807) is 20.8 Å². The van der Waals surface area contributed by atoms with E-state index in [0.717, 1.165) is 26.2 Å². The van der Waals surface area contributed by atoms with Crippen molar-refractivity contribution in [1.29, 1.82) is 0 Å². The molecule has 4 nitrogen and oxygen atoms in total. The zero-order chi connectivity index (χ0) is 12.9.